The van der Waals surface area contributed by atoms with E-state index < -0.39 is 0 Å². The monoisotopic (exact) mass is 268 g/mol. The number of alkyl halides is 1. The molecule has 0 unspecified atom stereocenters. The number of aryl methyl sites for hydroxylation is 1. The minimum absolute atomic E-state index is 0.299. The van der Waals surface area contributed by atoms with Crippen molar-refractivity contribution < 1.29 is 9.53 Å². The van der Waals surface area contributed by atoms with Gasteiger partial charge in [-0.25, -0.2) is 4.79 Å². The lowest BCUT2D eigenvalue weighted by molar-refractivity contribution is -0.135. The van der Waals surface area contributed by atoms with Gasteiger partial charge in [0.05, 0.1) is 7.11 Å². The van der Waals surface area contributed by atoms with Crippen LogP contribution in [0.15, 0.2) is 29.8 Å². The number of benzene rings is 1. The molecule has 0 radical (unpaired) electrons. The highest BCUT2D eigenvalue weighted by molar-refractivity contribution is 9.09. The van der Waals surface area contributed by atoms with Crippen molar-refractivity contribution >= 4 is 28.0 Å². The fraction of sp³-hybridized carbons (Fsp3) is 0.250. The van der Waals surface area contributed by atoms with Crippen LogP contribution < -0.4 is 0 Å². The highest BCUT2D eigenvalue weighted by atomic mass is 79.9. The summed E-state index contributed by atoms with van der Waals surface area (Å²) in [6, 6.07) is 7.96. The van der Waals surface area contributed by atoms with Gasteiger partial charge < -0.3 is 4.74 Å². The molecule has 0 bridgehead atoms. The van der Waals surface area contributed by atoms with Gasteiger partial charge in [0.15, 0.2) is 0 Å². The first kappa shape index (κ1) is 12.0. The van der Waals surface area contributed by atoms with E-state index in [9.17, 15) is 4.79 Å². The molecule has 3 heteroatoms. The molecule has 15 heavy (non-hydrogen) atoms. The van der Waals surface area contributed by atoms with Crippen LogP contribution in [0.1, 0.15) is 11.1 Å². The number of esters is 1. The maximum Gasteiger partial charge on any atom is 0.334 e. The van der Waals surface area contributed by atoms with E-state index >= 15 is 0 Å². The Labute approximate surface area is 98.1 Å². The lowest BCUT2D eigenvalue weighted by Gasteiger charge is -2.01. The van der Waals surface area contributed by atoms with Crippen molar-refractivity contribution in [2.75, 3.05) is 12.4 Å². The van der Waals surface area contributed by atoms with E-state index in [4.69, 9.17) is 0 Å². The molecular weight excluding hydrogens is 256 g/mol. The van der Waals surface area contributed by atoms with E-state index in [1.54, 1.807) is 0 Å². The Morgan fingerprint density at radius 3 is 2.47 bits per heavy atom. The average molecular weight is 269 g/mol. The molecule has 0 aliphatic carbocycles. The predicted octanol–water partition coefficient (Wildman–Crippen LogP) is 2.95. The van der Waals surface area contributed by atoms with Crippen molar-refractivity contribution in [1.29, 1.82) is 0 Å². The molecule has 80 valence electrons. The summed E-state index contributed by atoms with van der Waals surface area (Å²) in [5, 5.41) is 0.494. The second-order valence-electron chi connectivity index (χ2n) is 3.21. The first-order chi connectivity index (χ1) is 7.17. The number of halogens is 1. The first-order valence-corrected chi connectivity index (χ1v) is 5.71. The van der Waals surface area contributed by atoms with Crippen molar-refractivity contribution in [3.63, 3.8) is 0 Å². The van der Waals surface area contributed by atoms with Crippen molar-refractivity contribution in [1.82, 2.24) is 0 Å². The second kappa shape index (κ2) is 5.71. The Bertz CT molecular complexity index is 366. The summed E-state index contributed by atoms with van der Waals surface area (Å²) in [5.41, 5.74) is 2.81. The molecule has 0 spiro atoms. The number of carbonyl (C=O) groups excluding carboxylic acids is 1. The zero-order valence-corrected chi connectivity index (χ0v) is 10.4. The summed E-state index contributed by atoms with van der Waals surface area (Å²) in [7, 11) is 1.38. The Kier molecular flexibility index (Phi) is 4.56. The Morgan fingerprint density at radius 1 is 1.40 bits per heavy atom. The van der Waals surface area contributed by atoms with E-state index in [0.29, 0.717) is 10.9 Å². The lowest BCUT2D eigenvalue weighted by Crippen LogP contribution is -2.05. The number of methoxy groups -OCH3 is 1. The third-order valence-corrected chi connectivity index (χ3v) is 2.61. The normalized spacial score (nSPS) is 11.3. The summed E-state index contributed by atoms with van der Waals surface area (Å²) >= 11 is 3.26. The molecule has 0 amide bonds. The van der Waals surface area contributed by atoms with Crippen LogP contribution in [0.5, 0.6) is 0 Å². The van der Waals surface area contributed by atoms with Crippen molar-refractivity contribution in [2.45, 2.75) is 6.92 Å². The molecule has 0 saturated heterocycles. The van der Waals surface area contributed by atoms with E-state index in [2.05, 4.69) is 20.7 Å². The fourth-order valence-corrected chi connectivity index (χ4v) is 1.54. The predicted molar refractivity (Wildman–Crippen MR) is 65.0 cm³/mol. The molecule has 0 aromatic heterocycles. The van der Waals surface area contributed by atoms with Crippen molar-refractivity contribution in [3.8, 4) is 0 Å². The van der Waals surface area contributed by atoms with Gasteiger partial charge in [-0.3, -0.25) is 0 Å². The van der Waals surface area contributed by atoms with E-state index in [0.717, 1.165) is 5.56 Å². The SMILES string of the molecule is COC(=O)/C(=C\c1ccc(C)cc1)CBr. The molecule has 0 saturated carbocycles. The Morgan fingerprint density at radius 2 is 2.00 bits per heavy atom. The van der Waals surface area contributed by atoms with Gasteiger partial charge in [-0.15, -0.1) is 0 Å². The standard InChI is InChI=1S/C12H13BrO2/c1-9-3-5-10(6-4-9)7-11(8-13)12(14)15-2/h3-7H,8H2,1-2H3/b11-7-. The van der Waals surface area contributed by atoms with Gasteiger partial charge in [-0.05, 0) is 18.6 Å². The maximum atomic E-state index is 11.3. The highest BCUT2D eigenvalue weighted by Gasteiger charge is 2.07. The van der Waals surface area contributed by atoms with Crippen LogP contribution in [0.2, 0.25) is 0 Å². The molecule has 1 rings (SSSR count). The third-order valence-electron chi connectivity index (χ3n) is 2.01. The zero-order chi connectivity index (χ0) is 11.3. The molecule has 0 heterocycles. The molecule has 2 nitrogen and oxygen atoms in total. The van der Waals surface area contributed by atoms with Gasteiger partial charge in [0.1, 0.15) is 0 Å². The van der Waals surface area contributed by atoms with Gasteiger partial charge in [-0.2, -0.15) is 0 Å². The van der Waals surface area contributed by atoms with E-state index in [1.807, 2.05) is 37.3 Å². The average Bonchev–Trinajstić information content (AvgIpc) is 2.27. The van der Waals surface area contributed by atoms with E-state index in [-0.39, 0.29) is 5.97 Å². The van der Waals surface area contributed by atoms with Crippen LogP contribution in [0.4, 0.5) is 0 Å². The van der Waals surface area contributed by atoms with Gasteiger partial charge in [0.25, 0.3) is 0 Å². The summed E-state index contributed by atoms with van der Waals surface area (Å²) in [5.74, 6) is -0.299. The van der Waals surface area contributed by atoms with Gasteiger partial charge in [0.2, 0.25) is 0 Å². The summed E-state index contributed by atoms with van der Waals surface area (Å²) in [6.07, 6.45) is 1.82. The van der Waals surface area contributed by atoms with Crippen LogP contribution in [0, 0.1) is 6.92 Å². The minimum Gasteiger partial charge on any atom is -0.466 e. The van der Waals surface area contributed by atoms with Gasteiger partial charge in [-0.1, -0.05) is 45.8 Å². The molecule has 1 aromatic carbocycles. The van der Waals surface area contributed by atoms with Crippen LogP contribution in [-0.2, 0) is 9.53 Å². The number of hydrogen-bond donors (Lipinski definition) is 0. The van der Waals surface area contributed by atoms with Crippen LogP contribution in [0.3, 0.4) is 0 Å². The molecule has 0 aliphatic rings. The Balaban J connectivity index is 2.93. The second-order valence-corrected chi connectivity index (χ2v) is 3.77. The van der Waals surface area contributed by atoms with Crippen molar-refractivity contribution in [2.24, 2.45) is 0 Å². The molecule has 0 fully saturated rings. The summed E-state index contributed by atoms with van der Waals surface area (Å²) in [6.45, 7) is 2.03. The minimum atomic E-state index is -0.299. The summed E-state index contributed by atoms with van der Waals surface area (Å²) in [4.78, 5) is 11.3. The number of rotatable bonds is 3. The molecule has 1 aromatic rings. The highest BCUT2D eigenvalue weighted by Crippen LogP contribution is 2.11. The number of ether oxygens (including phenoxy) is 1. The van der Waals surface area contributed by atoms with Gasteiger partial charge in [0, 0.05) is 10.9 Å². The lowest BCUT2D eigenvalue weighted by atomic mass is 10.1. The molecule has 0 N–H and O–H groups in total. The smallest absolute Gasteiger partial charge is 0.334 e. The van der Waals surface area contributed by atoms with Crippen LogP contribution >= 0.6 is 15.9 Å². The van der Waals surface area contributed by atoms with Crippen LogP contribution in [0.25, 0.3) is 6.08 Å². The fourth-order valence-electron chi connectivity index (χ4n) is 1.15. The molecule has 0 aliphatic heterocycles. The summed E-state index contributed by atoms with van der Waals surface area (Å²) < 4.78 is 4.66. The number of hydrogen-bond acceptors (Lipinski definition) is 2. The molecular formula is C12H13BrO2. The zero-order valence-electron chi connectivity index (χ0n) is 8.79. The van der Waals surface area contributed by atoms with Crippen molar-refractivity contribution in [3.05, 3.63) is 41.0 Å². The Hall–Kier alpha value is -1.09. The topological polar surface area (TPSA) is 26.3 Å². The first-order valence-electron chi connectivity index (χ1n) is 4.59. The molecule has 0 atom stereocenters. The van der Waals surface area contributed by atoms with Gasteiger partial charge >= 0.3 is 5.97 Å². The van der Waals surface area contributed by atoms with Crippen LogP contribution in [-0.4, -0.2) is 18.4 Å². The third kappa shape index (κ3) is 3.51. The largest absolute Gasteiger partial charge is 0.466 e. The number of carbonyl (C=O) groups is 1. The van der Waals surface area contributed by atoms with E-state index in [1.165, 1.54) is 12.7 Å². The quantitative estimate of drug-likeness (QED) is 0.479. The maximum absolute atomic E-state index is 11.3.